The van der Waals surface area contributed by atoms with Crippen LogP contribution in [0.4, 0.5) is 4.79 Å². The van der Waals surface area contributed by atoms with Crippen LogP contribution in [0.3, 0.4) is 0 Å². The second-order valence-corrected chi connectivity index (χ2v) is 4.99. The summed E-state index contributed by atoms with van der Waals surface area (Å²) in [5, 5.41) is 14.0. The van der Waals surface area contributed by atoms with E-state index in [0.29, 0.717) is 5.92 Å². The van der Waals surface area contributed by atoms with E-state index in [1.807, 2.05) is 6.92 Å². The maximum Gasteiger partial charge on any atom is 0.326 e. The van der Waals surface area contributed by atoms with E-state index in [1.165, 1.54) is 6.42 Å². The summed E-state index contributed by atoms with van der Waals surface area (Å²) >= 11 is 0. The van der Waals surface area contributed by atoms with E-state index in [4.69, 9.17) is 10.8 Å². The molecular formula is C12H21N3O4. The van der Waals surface area contributed by atoms with E-state index in [2.05, 4.69) is 10.6 Å². The average Bonchev–Trinajstić information content (AvgIpc) is 2.20. The molecule has 1 aliphatic rings. The minimum Gasteiger partial charge on any atom is -0.480 e. The Morgan fingerprint density at radius 2 is 1.95 bits per heavy atom. The second-order valence-electron chi connectivity index (χ2n) is 4.99. The van der Waals surface area contributed by atoms with Crippen molar-refractivity contribution < 1.29 is 19.5 Å². The molecule has 0 aromatic carbocycles. The molecular weight excluding hydrogens is 250 g/mol. The molecule has 1 saturated carbocycles. The Morgan fingerprint density at radius 1 is 1.32 bits per heavy atom. The molecule has 3 amide bonds. The van der Waals surface area contributed by atoms with Crippen LogP contribution in [-0.4, -0.2) is 35.1 Å². The number of amides is 3. The summed E-state index contributed by atoms with van der Waals surface area (Å²) in [4.78, 5) is 33.2. The number of nitrogens with one attached hydrogen (secondary N) is 2. The molecule has 19 heavy (non-hydrogen) atoms. The topological polar surface area (TPSA) is 122 Å². The van der Waals surface area contributed by atoms with Gasteiger partial charge in [0.1, 0.15) is 6.04 Å². The highest BCUT2D eigenvalue weighted by Gasteiger charge is 2.26. The van der Waals surface area contributed by atoms with Crippen LogP contribution in [0.1, 0.15) is 39.0 Å². The van der Waals surface area contributed by atoms with E-state index in [-0.39, 0.29) is 18.9 Å². The zero-order valence-electron chi connectivity index (χ0n) is 11.0. The fourth-order valence-electron chi connectivity index (χ4n) is 2.01. The maximum absolute atomic E-state index is 11.7. The zero-order valence-corrected chi connectivity index (χ0v) is 11.0. The van der Waals surface area contributed by atoms with Crippen molar-refractivity contribution in [2.24, 2.45) is 11.7 Å². The molecule has 1 rings (SSSR count). The first-order valence-electron chi connectivity index (χ1n) is 6.48. The van der Waals surface area contributed by atoms with Crippen molar-refractivity contribution in [1.82, 2.24) is 10.6 Å². The van der Waals surface area contributed by atoms with Gasteiger partial charge in [0.2, 0.25) is 5.91 Å². The van der Waals surface area contributed by atoms with E-state index in [1.54, 1.807) is 0 Å². The molecule has 1 aliphatic carbocycles. The van der Waals surface area contributed by atoms with Gasteiger partial charge in [-0.05, 0) is 32.1 Å². The zero-order chi connectivity index (χ0) is 14.4. The Morgan fingerprint density at radius 3 is 2.37 bits per heavy atom. The highest BCUT2D eigenvalue weighted by molar-refractivity contribution is 5.83. The molecule has 0 radical (unpaired) electrons. The Bertz CT molecular complexity index is 355. The predicted molar refractivity (Wildman–Crippen MR) is 68.3 cm³/mol. The van der Waals surface area contributed by atoms with E-state index >= 15 is 0 Å². The van der Waals surface area contributed by atoms with Gasteiger partial charge in [-0.15, -0.1) is 0 Å². The first-order valence-corrected chi connectivity index (χ1v) is 6.48. The highest BCUT2D eigenvalue weighted by Crippen LogP contribution is 2.29. The highest BCUT2D eigenvalue weighted by atomic mass is 16.4. The monoisotopic (exact) mass is 271 g/mol. The van der Waals surface area contributed by atoms with Crippen molar-refractivity contribution in [2.45, 2.75) is 51.1 Å². The van der Waals surface area contributed by atoms with Gasteiger partial charge in [-0.3, -0.25) is 4.79 Å². The number of carbonyl (C=O) groups excluding carboxylic acids is 2. The van der Waals surface area contributed by atoms with Crippen molar-refractivity contribution in [1.29, 1.82) is 0 Å². The van der Waals surface area contributed by atoms with Crippen molar-refractivity contribution >= 4 is 17.9 Å². The number of nitrogens with two attached hydrogens (primary N) is 1. The summed E-state index contributed by atoms with van der Waals surface area (Å²) in [6, 6.07) is -1.59. The maximum atomic E-state index is 11.7. The van der Waals surface area contributed by atoms with Crippen LogP contribution in [0, 0.1) is 5.92 Å². The lowest BCUT2D eigenvalue weighted by atomic mass is 9.80. The molecule has 2 atom stereocenters. The lowest BCUT2D eigenvalue weighted by Crippen LogP contribution is -2.50. The van der Waals surface area contributed by atoms with Gasteiger partial charge in [0.15, 0.2) is 0 Å². The third kappa shape index (κ3) is 5.15. The summed E-state index contributed by atoms with van der Waals surface area (Å²) in [5.74, 6) is -1.29. The molecule has 1 fully saturated rings. The number of carbonyl (C=O) groups is 3. The summed E-state index contributed by atoms with van der Waals surface area (Å²) in [7, 11) is 0. The lowest BCUT2D eigenvalue weighted by Gasteiger charge is -2.32. The van der Waals surface area contributed by atoms with E-state index in [9.17, 15) is 14.4 Å². The number of carboxylic acid groups (broad SMARTS) is 1. The van der Waals surface area contributed by atoms with E-state index < -0.39 is 23.9 Å². The number of rotatable bonds is 7. The van der Waals surface area contributed by atoms with Crippen LogP contribution in [0.25, 0.3) is 0 Å². The number of hydrogen-bond acceptors (Lipinski definition) is 3. The molecule has 0 spiro atoms. The van der Waals surface area contributed by atoms with Gasteiger partial charge in [-0.2, -0.15) is 0 Å². The molecule has 0 saturated heterocycles. The molecule has 1 unspecified atom stereocenters. The van der Waals surface area contributed by atoms with Crippen LogP contribution in [-0.2, 0) is 9.59 Å². The molecule has 108 valence electrons. The third-order valence-electron chi connectivity index (χ3n) is 3.50. The molecule has 7 heteroatoms. The molecule has 7 nitrogen and oxygen atoms in total. The van der Waals surface area contributed by atoms with Crippen molar-refractivity contribution in [3.8, 4) is 0 Å². The Kier molecular flexibility index (Phi) is 5.59. The van der Waals surface area contributed by atoms with Crippen LogP contribution < -0.4 is 16.4 Å². The lowest BCUT2D eigenvalue weighted by molar-refractivity contribution is -0.139. The van der Waals surface area contributed by atoms with Gasteiger partial charge >= 0.3 is 12.0 Å². The summed E-state index contributed by atoms with van der Waals surface area (Å²) < 4.78 is 0. The van der Waals surface area contributed by atoms with Gasteiger partial charge in [0.25, 0.3) is 0 Å². The minimum absolute atomic E-state index is 0.00407. The molecule has 0 bridgehead atoms. The van der Waals surface area contributed by atoms with Gasteiger partial charge in [0, 0.05) is 12.5 Å². The standard InChI is InChI=1S/C12H21N3O4/c1-7(8-3-2-4-8)14-12(19)15-9(11(17)18)5-6-10(13)16/h7-9H,2-6H2,1H3,(H2,13,16)(H,17,18)(H2,14,15,19)/t7?,9-/m0/s1. The fraction of sp³-hybridized carbons (Fsp3) is 0.750. The number of hydrogen-bond donors (Lipinski definition) is 4. The summed E-state index contributed by atoms with van der Waals surface area (Å²) in [6.45, 7) is 1.91. The van der Waals surface area contributed by atoms with E-state index in [0.717, 1.165) is 12.8 Å². The van der Waals surface area contributed by atoms with Gasteiger partial charge in [-0.25, -0.2) is 9.59 Å². The van der Waals surface area contributed by atoms with Crippen molar-refractivity contribution in [2.75, 3.05) is 0 Å². The first kappa shape index (κ1) is 15.3. The van der Waals surface area contributed by atoms with Gasteiger partial charge < -0.3 is 21.5 Å². The number of urea groups is 1. The van der Waals surface area contributed by atoms with Crippen molar-refractivity contribution in [3.63, 3.8) is 0 Å². The molecule has 0 aromatic heterocycles. The second kappa shape index (κ2) is 6.96. The molecule has 0 heterocycles. The summed E-state index contributed by atoms with van der Waals surface area (Å²) in [6.07, 6.45) is 3.27. The van der Waals surface area contributed by atoms with Crippen LogP contribution in [0.2, 0.25) is 0 Å². The van der Waals surface area contributed by atoms with Crippen molar-refractivity contribution in [3.05, 3.63) is 0 Å². The van der Waals surface area contributed by atoms with Gasteiger partial charge in [0.05, 0.1) is 0 Å². The number of carboxylic acids is 1. The van der Waals surface area contributed by atoms with Gasteiger partial charge in [-0.1, -0.05) is 6.42 Å². The summed E-state index contributed by atoms with van der Waals surface area (Å²) in [5.41, 5.74) is 4.96. The smallest absolute Gasteiger partial charge is 0.326 e. The fourth-order valence-corrected chi connectivity index (χ4v) is 2.01. The first-order chi connectivity index (χ1) is 8.90. The molecule has 0 aliphatic heterocycles. The average molecular weight is 271 g/mol. The molecule has 0 aromatic rings. The molecule has 5 N–H and O–H groups in total. The SMILES string of the molecule is CC(NC(=O)N[C@@H](CCC(N)=O)C(=O)O)C1CCC1. The quantitative estimate of drug-likeness (QED) is 0.528. The van der Waals surface area contributed by atoms with Crippen LogP contribution >= 0.6 is 0 Å². The Hall–Kier alpha value is -1.79. The Labute approximate surface area is 111 Å². The normalized spacial score (nSPS) is 17.9. The third-order valence-corrected chi connectivity index (χ3v) is 3.50. The number of primary amides is 1. The van der Waals surface area contributed by atoms with Crippen LogP contribution in [0.15, 0.2) is 0 Å². The number of aliphatic carboxylic acids is 1. The van der Waals surface area contributed by atoms with Crippen LogP contribution in [0.5, 0.6) is 0 Å². The minimum atomic E-state index is -1.17. The predicted octanol–water partition coefficient (Wildman–Crippen LogP) is 0.193. The largest absolute Gasteiger partial charge is 0.480 e. The Balaban J connectivity index is 2.37.